The van der Waals surface area contributed by atoms with E-state index in [0.29, 0.717) is 42.2 Å². The van der Waals surface area contributed by atoms with Gasteiger partial charge < -0.3 is 24.8 Å². The maximum Gasteiger partial charge on any atom is 0.223 e. The molecule has 0 fully saturated rings. The van der Waals surface area contributed by atoms with E-state index in [9.17, 15) is 10.2 Å². The van der Waals surface area contributed by atoms with Crippen LogP contribution in [0.25, 0.3) is 22.3 Å². The third-order valence-corrected chi connectivity index (χ3v) is 6.88. The Kier molecular flexibility index (Phi) is 6.89. The van der Waals surface area contributed by atoms with Gasteiger partial charge in [0.05, 0.1) is 53.4 Å². The van der Waals surface area contributed by atoms with Gasteiger partial charge in [0.25, 0.3) is 0 Å². The zero-order valence-corrected chi connectivity index (χ0v) is 22.7. The molecule has 0 amide bonds. The van der Waals surface area contributed by atoms with Crippen molar-refractivity contribution in [1.29, 1.82) is 0 Å². The van der Waals surface area contributed by atoms with Crippen molar-refractivity contribution < 1.29 is 19.3 Å². The fraction of sp³-hybridized carbons (Fsp3) is 0.462. The topological polar surface area (TPSA) is 123 Å². The number of hydrogen-bond acceptors (Lipinski definition) is 8. The fourth-order valence-electron chi connectivity index (χ4n) is 4.91. The summed E-state index contributed by atoms with van der Waals surface area (Å²) in [5.74, 6) is 0.0659. The van der Waals surface area contributed by atoms with Crippen molar-refractivity contribution >= 4 is 28.6 Å². The number of aliphatic hydroxyl groups excluding tert-OH is 1. The minimum absolute atomic E-state index is 0.0847. The van der Waals surface area contributed by atoms with E-state index in [1.165, 1.54) is 12.3 Å². The van der Waals surface area contributed by atoms with Crippen LogP contribution in [0, 0.1) is 5.82 Å². The molecule has 0 radical (unpaired) electrons. The Hall–Kier alpha value is -3.12. The number of halogens is 2. The molecule has 0 aliphatic carbocycles. The molecule has 1 aromatic carbocycles. The second kappa shape index (κ2) is 9.88. The number of ether oxygens (including phenoxy) is 1. The van der Waals surface area contributed by atoms with E-state index in [4.69, 9.17) is 16.3 Å². The number of nitrogens with one attached hydrogen (secondary N) is 1. The number of hydrogen-bond donors (Lipinski definition) is 3. The molecular weight excluding hydrogens is 513 g/mol. The van der Waals surface area contributed by atoms with E-state index in [2.05, 4.69) is 25.4 Å². The summed E-state index contributed by atoms with van der Waals surface area (Å²) >= 11 is 6.47. The van der Waals surface area contributed by atoms with Crippen LogP contribution >= 0.6 is 11.6 Å². The van der Waals surface area contributed by atoms with E-state index < -0.39 is 23.6 Å². The Bertz CT molecular complexity index is 1490. The summed E-state index contributed by atoms with van der Waals surface area (Å²) in [5, 5.41) is 29.4. The molecule has 38 heavy (non-hydrogen) atoms. The van der Waals surface area contributed by atoms with Crippen molar-refractivity contribution in [2.75, 3.05) is 12.4 Å². The summed E-state index contributed by atoms with van der Waals surface area (Å²) in [5.41, 5.74) is 1.92. The van der Waals surface area contributed by atoms with Crippen molar-refractivity contribution in [2.24, 2.45) is 0 Å². The molecule has 4 aromatic rings. The summed E-state index contributed by atoms with van der Waals surface area (Å²) in [6, 6.07) is 4.54. The summed E-state index contributed by atoms with van der Waals surface area (Å²) < 4.78 is 24.1. The fourth-order valence-corrected chi connectivity index (χ4v) is 5.11. The maximum atomic E-state index is 15.3. The molecule has 3 aromatic heterocycles. The lowest BCUT2D eigenvalue weighted by molar-refractivity contribution is 0.0641. The van der Waals surface area contributed by atoms with Gasteiger partial charge >= 0.3 is 0 Å². The van der Waals surface area contributed by atoms with Crippen molar-refractivity contribution in [1.82, 2.24) is 29.3 Å². The Balaban J connectivity index is 1.50. The Labute approximate surface area is 224 Å². The molecule has 1 aliphatic heterocycles. The summed E-state index contributed by atoms with van der Waals surface area (Å²) in [4.78, 5) is 13.3. The standard InChI is InChI=1S/C26H31ClFN7O3/c1-13(2)35-20-7-14(6-18(28)23(20)31-24(35)26(3,4)37)22-17(27)10-29-25(32-22)30-19-11-34-16(9-21(19)36)8-15(33-34)12-38-5/h6-8,10,13,19,21,36-37H,9,11-12H2,1-5H3,(H,29,30,32)/t19-,21+/m0/s1. The first-order valence-electron chi connectivity index (χ1n) is 12.4. The highest BCUT2D eigenvalue weighted by atomic mass is 35.5. The number of aliphatic hydroxyl groups is 2. The van der Waals surface area contributed by atoms with Gasteiger partial charge in [-0.1, -0.05) is 11.6 Å². The summed E-state index contributed by atoms with van der Waals surface area (Å²) in [7, 11) is 1.61. The summed E-state index contributed by atoms with van der Waals surface area (Å²) in [6.07, 6.45) is 1.17. The predicted octanol–water partition coefficient (Wildman–Crippen LogP) is 3.83. The van der Waals surface area contributed by atoms with Crippen LogP contribution in [-0.4, -0.2) is 58.8 Å². The van der Waals surface area contributed by atoms with Gasteiger partial charge in [-0.25, -0.2) is 19.3 Å². The van der Waals surface area contributed by atoms with Gasteiger partial charge in [-0.3, -0.25) is 4.68 Å². The van der Waals surface area contributed by atoms with Gasteiger partial charge in [-0.15, -0.1) is 0 Å². The van der Waals surface area contributed by atoms with Crippen molar-refractivity contribution in [3.8, 4) is 11.3 Å². The van der Waals surface area contributed by atoms with E-state index in [-0.39, 0.29) is 22.5 Å². The van der Waals surface area contributed by atoms with Crippen LogP contribution in [0.1, 0.15) is 50.9 Å². The first-order valence-corrected chi connectivity index (χ1v) is 12.8. The second-order valence-corrected chi connectivity index (χ2v) is 10.8. The molecule has 4 heterocycles. The molecule has 12 heteroatoms. The Morgan fingerprint density at radius 1 is 1.26 bits per heavy atom. The first kappa shape index (κ1) is 26.5. The lowest BCUT2D eigenvalue weighted by atomic mass is 10.0. The molecule has 2 atom stereocenters. The molecular formula is C26H31ClFN7O3. The van der Waals surface area contributed by atoms with Crippen LogP contribution in [0.2, 0.25) is 5.02 Å². The summed E-state index contributed by atoms with van der Waals surface area (Å²) in [6.45, 7) is 7.94. The minimum atomic E-state index is -1.26. The van der Waals surface area contributed by atoms with Gasteiger partial charge in [-0.2, -0.15) is 5.10 Å². The van der Waals surface area contributed by atoms with Gasteiger partial charge in [0, 0.05) is 30.8 Å². The number of anilines is 1. The molecule has 1 aliphatic rings. The van der Waals surface area contributed by atoms with Crippen LogP contribution in [-0.2, 0) is 29.9 Å². The quantitative estimate of drug-likeness (QED) is 0.321. The van der Waals surface area contributed by atoms with E-state index in [1.54, 1.807) is 27.0 Å². The van der Waals surface area contributed by atoms with Crippen molar-refractivity contribution in [3.05, 3.63) is 52.4 Å². The molecule has 5 rings (SSSR count). The Morgan fingerprint density at radius 2 is 2.03 bits per heavy atom. The van der Waals surface area contributed by atoms with Crippen LogP contribution in [0.4, 0.5) is 10.3 Å². The zero-order chi connectivity index (χ0) is 27.4. The van der Waals surface area contributed by atoms with Crippen LogP contribution in [0.15, 0.2) is 24.4 Å². The van der Waals surface area contributed by atoms with Crippen molar-refractivity contribution in [3.63, 3.8) is 0 Å². The maximum absolute atomic E-state index is 15.3. The normalized spacial score (nSPS) is 17.8. The van der Waals surface area contributed by atoms with Crippen LogP contribution < -0.4 is 5.32 Å². The highest BCUT2D eigenvalue weighted by Crippen LogP contribution is 2.35. The number of imidazole rings is 1. The highest BCUT2D eigenvalue weighted by molar-refractivity contribution is 6.33. The lowest BCUT2D eigenvalue weighted by Gasteiger charge is -2.29. The number of benzene rings is 1. The zero-order valence-electron chi connectivity index (χ0n) is 21.9. The second-order valence-electron chi connectivity index (χ2n) is 10.4. The molecule has 0 unspecified atom stereocenters. The van der Waals surface area contributed by atoms with E-state index >= 15 is 4.39 Å². The number of rotatable bonds is 7. The van der Waals surface area contributed by atoms with Crippen molar-refractivity contribution in [2.45, 2.75) is 71.1 Å². The molecule has 10 nitrogen and oxygen atoms in total. The van der Waals surface area contributed by atoms with Gasteiger partial charge in [0.15, 0.2) is 5.82 Å². The van der Waals surface area contributed by atoms with Gasteiger partial charge in [0.1, 0.15) is 16.9 Å². The third kappa shape index (κ3) is 4.86. The van der Waals surface area contributed by atoms with E-state index in [1.807, 2.05) is 29.2 Å². The average molecular weight is 544 g/mol. The van der Waals surface area contributed by atoms with E-state index in [0.717, 1.165) is 11.4 Å². The van der Waals surface area contributed by atoms with Crippen LogP contribution in [0.3, 0.4) is 0 Å². The third-order valence-electron chi connectivity index (χ3n) is 6.60. The number of aromatic nitrogens is 6. The SMILES string of the molecule is COCc1cc2n(n1)C[C@H](Nc1ncc(Cl)c(-c3cc(F)c4nc(C(C)(C)O)n(C(C)C)c4c3)n1)[C@H](O)C2. The minimum Gasteiger partial charge on any atom is -0.391 e. The van der Waals surface area contributed by atoms with Gasteiger partial charge in [0.2, 0.25) is 5.95 Å². The molecule has 3 N–H and O–H groups in total. The van der Waals surface area contributed by atoms with Gasteiger partial charge in [-0.05, 0) is 45.9 Å². The van der Waals surface area contributed by atoms with Crippen LogP contribution in [0.5, 0.6) is 0 Å². The predicted molar refractivity (Wildman–Crippen MR) is 141 cm³/mol. The molecule has 202 valence electrons. The smallest absolute Gasteiger partial charge is 0.223 e. The molecule has 0 saturated carbocycles. The largest absolute Gasteiger partial charge is 0.391 e. The number of methoxy groups -OCH3 is 1. The number of fused-ring (bicyclic) bond motifs is 2. The lowest BCUT2D eigenvalue weighted by Crippen LogP contribution is -2.43. The molecule has 0 saturated heterocycles. The number of nitrogens with zero attached hydrogens (tertiary/aromatic N) is 6. The highest BCUT2D eigenvalue weighted by Gasteiger charge is 2.30. The average Bonchev–Trinajstić information content (AvgIpc) is 3.42. The molecule has 0 spiro atoms. The molecule has 0 bridgehead atoms. The Morgan fingerprint density at radius 3 is 2.71 bits per heavy atom. The monoisotopic (exact) mass is 543 g/mol. The first-order chi connectivity index (χ1) is 18.0.